The van der Waals surface area contributed by atoms with Crippen LogP contribution in [-0.4, -0.2) is 30.0 Å². The highest BCUT2D eigenvalue weighted by Crippen LogP contribution is 2.26. The van der Waals surface area contributed by atoms with Gasteiger partial charge in [-0.05, 0) is 24.3 Å². The zero-order valence-electron chi connectivity index (χ0n) is 10.5. The summed E-state index contributed by atoms with van der Waals surface area (Å²) in [6, 6.07) is 7.18. The number of nitrogens with one attached hydrogen (secondary N) is 1. The normalized spacial score (nSPS) is 22.6. The Balaban J connectivity index is 1.80. The van der Waals surface area contributed by atoms with Gasteiger partial charge in [-0.15, -0.1) is 0 Å². The molecule has 0 unspecified atom stereocenters. The molecule has 1 N–H and O–H groups in total. The van der Waals surface area contributed by atoms with Gasteiger partial charge in [-0.25, -0.2) is 4.39 Å². The zero-order valence-corrected chi connectivity index (χ0v) is 10.5. The van der Waals surface area contributed by atoms with Crippen LogP contribution in [0.5, 0.6) is 5.75 Å². The Hall–Kier alpha value is -1.95. The molecule has 1 aromatic heterocycles. The van der Waals surface area contributed by atoms with E-state index >= 15 is 0 Å². The number of benzene rings is 1. The summed E-state index contributed by atoms with van der Waals surface area (Å²) in [6.45, 7) is 0.338. The van der Waals surface area contributed by atoms with E-state index in [4.69, 9.17) is 9.26 Å². The highest BCUT2D eigenvalue weighted by atomic mass is 19.1. The van der Waals surface area contributed by atoms with Crippen LogP contribution in [0, 0.1) is 0 Å². The monoisotopic (exact) mass is 263 g/mol. The summed E-state index contributed by atoms with van der Waals surface area (Å²) in [5, 5.41) is 6.94. The van der Waals surface area contributed by atoms with E-state index in [2.05, 4.69) is 15.5 Å². The first-order valence-electron chi connectivity index (χ1n) is 6.12. The SMILES string of the molecule is COc1ccc(-c2noc([C@H]3C[C@H](F)CN3)n2)cc1. The number of nitrogens with zero attached hydrogens (tertiary/aromatic N) is 2. The molecule has 0 spiro atoms. The first-order valence-corrected chi connectivity index (χ1v) is 6.12. The molecule has 6 heteroatoms. The number of halogens is 1. The lowest BCUT2D eigenvalue weighted by molar-refractivity contribution is 0.324. The summed E-state index contributed by atoms with van der Waals surface area (Å²) in [4.78, 5) is 4.30. The summed E-state index contributed by atoms with van der Waals surface area (Å²) >= 11 is 0. The molecule has 2 heterocycles. The predicted molar refractivity (Wildman–Crippen MR) is 66.5 cm³/mol. The number of ether oxygens (including phenoxy) is 1. The van der Waals surface area contributed by atoms with Crippen LogP contribution in [0.2, 0.25) is 0 Å². The van der Waals surface area contributed by atoms with Crippen LogP contribution >= 0.6 is 0 Å². The van der Waals surface area contributed by atoms with E-state index in [1.54, 1.807) is 7.11 Å². The minimum absolute atomic E-state index is 0.186. The minimum Gasteiger partial charge on any atom is -0.497 e. The number of aromatic nitrogens is 2. The molecule has 5 nitrogen and oxygen atoms in total. The Morgan fingerprint density at radius 3 is 2.79 bits per heavy atom. The van der Waals surface area contributed by atoms with E-state index < -0.39 is 6.17 Å². The maximum Gasteiger partial charge on any atom is 0.244 e. The van der Waals surface area contributed by atoms with Gasteiger partial charge in [0.2, 0.25) is 11.7 Å². The van der Waals surface area contributed by atoms with Crippen LogP contribution in [0.15, 0.2) is 28.8 Å². The standard InChI is InChI=1S/C13H14FN3O2/c1-18-10-4-2-8(3-5-10)12-16-13(19-17-12)11-6-9(14)7-15-11/h2-5,9,11,15H,6-7H2,1H3/t9-,11+/m0/s1. The van der Waals surface area contributed by atoms with E-state index in [0.717, 1.165) is 11.3 Å². The lowest BCUT2D eigenvalue weighted by Gasteiger charge is -2.01. The Bertz CT molecular complexity index is 555. The number of hydrogen-bond donors (Lipinski definition) is 1. The molecule has 3 rings (SSSR count). The number of hydrogen-bond acceptors (Lipinski definition) is 5. The highest BCUT2D eigenvalue weighted by molar-refractivity contribution is 5.55. The van der Waals surface area contributed by atoms with Crippen molar-refractivity contribution < 1.29 is 13.7 Å². The average molecular weight is 263 g/mol. The van der Waals surface area contributed by atoms with Gasteiger partial charge in [0.15, 0.2) is 0 Å². The second-order valence-corrected chi connectivity index (χ2v) is 4.48. The quantitative estimate of drug-likeness (QED) is 0.919. The fourth-order valence-corrected chi connectivity index (χ4v) is 2.11. The van der Waals surface area contributed by atoms with Gasteiger partial charge in [0.05, 0.1) is 13.2 Å². The molecular formula is C13H14FN3O2. The zero-order chi connectivity index (χ0) is 13.2. The number of methoxy groups -OCH3 is 1. The molecule has 19 heavy (non-hydrogen) atoms. The molecular weight excluding hydrogens is 249 g/mol. The Kier molecular flexibility index (Phi) is 3.16. The van der Waals surface area contributed by atoms with Crippen molar-refractivity contribution in [3.05, 3.63) is 30.2 Å². The molecule has 0 radical (unpaired) electrons. The molecule has 1 aliphatic heterocycles. The van der Waals surface area contributed by atoms with Gasteiger partial charge in [-0.3, -0.25) is 0 Å². The van der Waals surface area contributed by atoms with Crippen molar-refractivity contribution in [3.63, 3.8) is 0 Å². The third-order valence-corrected chi connectivity index (χ3v) is 3.17. The van der Waals surface area contributed by atoms with Crippen molar-refractivity contribution in [1.82, 2.24) is 15.5 Å². The van der Waals surface area contributed by atoms with Crippen molar-refractivity contribution in [3.8, 4) is 17.1 Å². The first kappa shape index (κ1) is 12.1. The molecule has 100 valence electrons. The van der Waals surface area contributed by atoms with Gasteiger partial charge in [0.25, 0.3) is 0 Å². The fraction of sp³-hybridized carbons (Fsp3) is 0.385. The predicted octanol–water partition coefficient (Wildman–Crippen LogP) is 2.12. The molecule has 1 saturated heterocycles. The molecule has 0 saturated carbocycles. The summed E-state index contributed by atoms with van der Waals surface area (Å²) in [5.41, 5.74) is 0.839. The van der Waals surface area contributed by atoms with Crippen molar-refractivity contribution in [2.24, 2.45) is 0 Å². The molecule has 2 aromatic rings. The van der Waals surface area contributed by atoms with Crippen LogP contribution in [0.25, 0.3) is 11.4 Å². The summed E-state index contributed by atoms with van der Waals surface area (Å²) in [7, 11) is 1.61. The molecule has 1 aliphatic rings. The Morgan fingerprint density at radius 1 is 1.37 bits per heavy atom. The molecule has 1 fully saturated rings. The molecule has 0 aliphatic carbocycles. The van der Waals surface area contributed by atoms with Crippen molar-refractivity contribution in [2.45, 2.75) is 18.6 Å². The van der Waals surface area contributed by atoms with Crippen molar-refractivity contribution >= 4 is 0 Å². The van der Waals surface area contributed by atoms with Crippen LogP contribution < -0.4 is 10.1 Å². The summed E-state index contributed by atoms with van der Waals surface area (Å²) in [6.07, 6.45) is -0.467. The number of rotatable bonds is 3. The minimum atomic E-state index is -0.846. The molecule has 0 amide bonds. The van der Waals surface area contributed by atoms with Gasteiger partial charge >= 0.3 is 0 Å². The summed E-state index contributed by atoms with van der Waals surface area (Å²) < 4.78 is 23.4. The maximum absolute atomic E-state index is 13.1. The second kappa shape index (κ2) is 4.97. The van der Waals surface area contributed by atoms with Gasteiger partial charge in [-0.1, -0.05) is 5.16 Å². The fourth-order valence-electron chi connectivity index (χ4n) is 2.11. The van der Waals surface area contributed by atoms with Crippen molar-refractivity contribution in [2.75, 3.05) is 13.7 Å². The largest absolute Gasteiger partial charge is 0.497 e. The smallest absolute Gasteiger partial charge is 0.244 e. The van der Waals surface area contributed by atoms with E-state index in [1.807, 2.05) is 24.3 Å². The van der Waals surface area contributed by atoms with Crippen LogP contribution in [0.4, 0.5) is 4.39 Å². The first-order chi connectivity index (χ1) is 9.26. The number of alkyl halides is 1. The van der Waals surface area contributed by atoms with Crippen LogP contribution in [0.3, 0.4) is 0 Å². The van der Waals surface area contributed by atoms with E-state index in [-0.39, 0.29) is 6.04 Å². The van der Waals surface area contributed by atoms with Gasteiger partial charge in [0, 0.05) is 18.5 Å². The average Bonchev–Trinajstić information content (AvgIpc) is 3.07. The van der Waals surface area contributed by atoms with E-state index in [9.17, 15) is 4.39 Å². The van der Waals surface area contributed by atoms with E-state index in [0.29, 0.717) is 24.7 Å². The van der Waals surface area contributed by atoms with Crippen LogP contribution in [0.1, 0.15) is 18.4 Å². The van der Waals surface area contributed by atoms with Gasteiger partial charge in [0.1, 0.15) is 11.9 Å². The summed E-state index contributed by atoms with van der Waals surface area (Å²) in [5.74, 6) is 1.71. The third kappa shape index (κ3) is 2.44. The highest BCUT2D eigenvalue weighted by Gasteiger charge is 2.29. The Labute approximate surface area is 109 Å². The topological polar surface area (TPSA) is 60.2 Å². The second-order valence-electron chi connectivity index (χ2n) is 4.48. The van der Waals surface area contributed by atoms with Gasteiger partial charge in [-0.2, -0.15) is 4.98 Å². The Morgan fingerprint density at radius 2 is 2.16 bits per heavy atom. The third-order valence-electron chi connectivity index (χ3n) is 3.17. The molecule has 2 atom stereocenters. The van der Waals surface area contributed by atoms with Gasteiger partial charge < -0.3 is 14.6 Å². The lowest BCUT2D eigenvalue weighted by Crippen LogP contribution is -2.14. The van der Waals surface area contributed by atoms with E-state index in [1.165, 1.54) is 0 Å². The molecule has 0 bridgehead atoms. The van der Waals surface area contributed by atoms with Crippen molar-refractivity contribution in [1.29, 1.82) is 0 Å². The van der Waals surface area contributed by atoms with Crippen LogP contribution in [-0.2, 0) is 0 Å². The lowest BCUT2D eigenvalue weighted by atomic mass is 10.2. The maximum atomic E-state index is 13.1. The molecule has 1 aromatic carbocycles.